The van der Waals surface area contributed by atoms with Crippen LogP contribution in [-0.2, 0) is 0 Å². The van der Waals surface area contributed by atoms with E-state index in [-0.39, 0.29) is 27.4 Å². The van der Waals surface area contributed by atoms with Gasteiger partial charge in [-0.05, 0) is 30.3 Å². The smallest absolute Gasteiger partial charge is 0.261 e. The number of carbonyl (C=O) groups is 3. The quantitative estimate of drug-likeness (QED) is 0.828. The number of hydrogen-bond acceptors (Lipinski definition) is 3. The third-order valence-electron chi connectivity index (χ3n) is 3.19. The van der Waals surface area contributed by atoms with Crippen molar-refractivity contribution in [1.29, 1.82) is 0 Å². The van der Waals surface area contributed by atoms with E-state index >= 15 is 0 Å². The van der Waals surface area contributed by atoms with Crippen LogP contribution in [0.4, 0.5) is 5.69 Å². The first-order chi connectivity index (χ1) is 10.5. The number of nitrogens with one attached hydrogen (secondary N) is 2. The Labute approximate surface area is 135 Å². The van der Waals surface area contributed by atoms with Crippen LogP contribution in [0.3, 0.4) is 0 Å². The van der Waals surface area contributed by atoms with Crippen LogP contribution in [0.2, 0.25) is 10.0 Å². The minimum absolute atomic E-state index is 0.154. The Morgan fingerprint density at radius 1 is 1.00 bits per heavy atom. The third kappa shape index (κ3) is 2.45. The van der Waals surface area contributed by atoms with Gasteiger partial charge in [-0.3, -0.25) is 19.7 Å². The molecule has 3 rings (SSSR count). The van der Waals surface area contributed by atoms with Crippen LogP contribution in [0.15, 0.2) is 36.4 Å². The molecule has 0 fully saturated rings. The summed E-state index contributed by atoms with van der Waals surface area (Å²) in [6.45, 7) is 0. The van der Waals surface area contributed by atoms with E-state index < -0.39 is 17.7 Å². The molecule has 1 heterocycles. The average Bonchev–Trinajstić information content (AvgIpc) is 2.78. The van der Waals surface area contributed by atoms with Gasteiger partial charge in [-0.1, -0.05) is 29.3 Å². The standard InChI is InChI=1S/C15H8Cl2N2O3/c16-9-5-4-7(6-10(9)17)13(20)18-11-3-1-2-8-12(11)15(22)19-14(8)21/h1-6H,(H,18,20)(H,19,21,22). The van der Waals surface area contributed by atoms with Crippen molar-refractivity contribution in [2.45, 2.75) is 0 Å². The van der Waals surface area contributed by atoms with Crippen molar-refractivity contribution in [3.05, 3.63) is 63.1 Å². The average molecular weight is 335 g/mol. The second kappa shape index (κ2) is 5.44. The van der Waals surface area contributed by atoms with Crippen LogP contribution in [0.25, 0.3) is 0 Å². The molecule has 0 spiro atoms. The summed E-state index contributed by atoms with van der Waals surface area (Å²) in [6.07, 6.45) is 0. The fraction of sp³-hybridized carbons (Fsp3) is 0. The van der Waals surface area contributed by atoms with Crippen molar-refractivity contribution in [1.82, 2.24) is 5.32 Å². The normalized spacial score (nSPS) is 12.8. The van der Waals surface area contributed by atoms with Gasteiger partial charge in [0.1, 0.15) is 0 Å². The zero-order chi connectivity index (χ0) is 15.9. The first-order valence-corrected chi connectivity index (χ1v) is 6.98. The second-order valence-corrected chi connectivity index (χ2v) is 5.41. The molecular formula is C15H8Cl2N2O3. The molecule has 2 aromatic carbocycles. The van der Waals surface area contributed by atoms with Gasteiger partial charge in [0.25, 0.3) is 17.7 Å². The number of anilines is 1. The van der Waals surface area contributed by atoms with Crippen LogP contribution in [0.5, 0.6) is 0 Å². The van der Waals surface area contributed by atoms with Gasteiger partial charge in [-0.25, -0.2) is 0 Å². The molecule has 0 aliphatic carbocycles. The second-order valence-electron chi connectivity index (χ2n) is 4.59. The SMILES string of the molecule is O=C(Nc1cccc2c1C(=O)NC2=O)c1ccc(Cl)c(Cl)c1. The minimum Gasteiger partial charge on any atom is -0.321 e. The molecule has 3 amide bonds. The van der Waals surface area contributed by atoms with E-state index in [2.05, 4.69) is 10.6 Å². The van der Waals surface area contributed by atoms with E-state index in [0.29, 0.717) is 5.02 Å². The molecule has 0 radical (unpaired) electrons. The molecule has 0 saturated heterocycles. The van der Waals surface area contributed by atoms with Crippen molar-refractivity contribution in [3.8, 4) is 0 Å². The number of carbonyl (C=O) groups excluding carboxylic acids is 3. The summed E-state index contributed by atoms with van der Waals surface area (Å²) in [7, 11) is 0. The zero-order valence-electron chi connectivity index (χ0n) is 10.9. The van der Waals surface area contributed by atoms with Gasteiger partial charge in [-0.2, -0.15) is 0 Å². The summed E-state index contributed by atoms with van der Waals surface area (Å²) >= 11 is 11.7. The number of imide groups is 1. The van der Waals surface area contributed by atoms with E-state index in [1.165, 1.54) is 24.3 Å². The van der Waals surface area contributed by atoms with Gasteiger partial charge in [0, 0.05) is 5.56 Å². The minimum atomic E-state index is -0.537. The Morgan fingerprint density at radius 2 is 1.77 bits per heavy atom. The lowest BCUT2D eigenvalue weighted by molar-refractivity contribution is 0.0879. The summed E-state index contributed by atoms with van der Waals surface area (Å²) in [5.74, 6) is -1.48. The summed E-state index contributed by atoms with van der Waals surface area (Å²) in [5.41, 5.74) is 0.937. The molecule has 1 aliphatic rings. The third-order valence-corrected chi connectivity index (χ3v) is 3.93. The van der Waals surface area contributed by atoms with E-state index in [0.717, 1.165) is 0 Å². The summed E-state index contributed by atoms with van der Waals surface area (Å²) in [6, 6.07) is 9.09. The monoisotopic (exact) mass is 334 g/mol. The molecule has 22 heavy (non-hydrogen) atoms. The molecule has 5 nitrogen and oxygen atoms in total. The maximum atomic E-state index is 12.2. The largest absolute Gasteiger partial charge is 0.321 e. The maximum absolute atomic E-state index is 12.2. The van der Waals surface area contributed by atoms with Gasteiger partial charge >= 0.3 is 0 Å². The van der Waals surface area contributed by atoms with Crippen molar-refractivity contribution in [2.24, 2.45) is 0 Å². The number of amides is 3. The van der Waals surface area contributed by atoms with Crippen LogP contribution >= 0.6 is 23.2 Å². The number of benzene rings is 2. The van der Waals surface area contributed by atoms with Crippen LogP contribution in [0.1, 0.15) is 31.1 Å². The van der Waals surface area contributed by atoms with Crippen molar-refractivity contribution >= 4 is 46.6 Å². The fourth-order valence-corrected chi connectivity index (χ4v) is 2.45. The van der Waals surface area contributed by atoms with Crippen LogP contribution < -0.4 is 10.6 Å². The fourth-order valence-electron chi connectivity index (χ4n) is 2.16. The van der Waals surface area contributed by atoms with Crippen LogP contribution in [-0.4, -0.2) is 17.7 Å². The molecular weight excluding hydrogens is 327 g/mol. The maximum Gasteiger partial charge on any atom is 0.261 e. The van der Waals surface area contributed by atoms with Gasteiger partial charge in [-0.15, -0.1) is 0 Å². The molecule has 0 saturated carbocycles. The molecule has 110 valence electrons. The first-order valence-electron chi connectivity index (χ1n) is 6.22. The summed E-state index contributed by atoms with van der Waals surface area (Å²) in [5, 5.41) is 5.37. The highest BCUT2D eigenvalue weighted by atomic mass is 35.5. The highest BCUT2D eigenvalue weighted by Gasteiger charge is 2.29. The summed E-state index contributed by atoms with van der Waals surface area (Å²) < 4.78 is 0. The Morgan fingerprint density at radius 3 is 2.50 bits per heavy atom. The molecule has 1 aliphatic heterocycles. The number of fused-ring (bicyclic) bond motifs is 1. The summed E-state index contributed by atoms with van der Waals surface area (Å²) in [4.78, 5) is 35.6. The van der Waals surface area contributed by atoms with E-state index in [1.54, 1.807) is 12.1 Å². The Hall–Kier alpha value is -2.37. The molecule has 0 aromatic heterocycles. The molecule has 0 atom stereocenters. The van der Waals surface area contributed by atoms with Gasteiger partial charge < -0.3 is 5.32 Å². The van der Waals surface area contributed by atoms with E-state index in [9.17, 15) is 14.4 Å². The van der Waals surface area contributed by atoms with Gasteiger partial charge in [0.05, 0.1) is 26.9 Å². The van der Waals surface area contributed by atoms with E-state index in [1.807, 2.05) is 0 Å². The van der Waals surface area contributed by atoms with Crippen molar-refractivity contribution < 1.29 is 14.4 Å². The lowest BCUT2D eigenvalue weighted by atomic mass is 10.1. The van der Waals surface area contributed by atoms with Crippen LogP contribution in [0, 0.1) is 0 Å². The topological polar surface area (TPSA) is 75.3 Å². The van der Waals surface area contributed by atoms with E-state index in [4.69, 9.17) is 23.2 Å². The number of hydrogen-bond donors (Lipinski definition) is 2. The van der Waals surface area contributed by atoms with Gasteiger partial charge in [0.15, 0.2) is 0 Å². The first kappa shape index (κ1) is 14.6. The Balaban J connectivity index is 1.94. The molecule has 2 aromatic rings. The molecule has 0 bridgehead atoms. The molecule has 7 heteroatoms. The lowest BCUT2D eigenvalue weighted by Crippen LogP contribution is -2.20. The number of rotatable bonds is 2. The predicted octanol–water partition coefficient (Wildman–Crippen LogP) is 3.13. The zero-order valence-corrected chi connectivity index (χ0v) is 12.5. The predicted molar refractivity (Wildman–Crippen MR) is 82.7 cm³/mol. The van der Waals surface area contributed by atoms with Crippen molar-refractivity contribution in [3.63, 3.8) is 0 Å². The Bertz CT molecular complexity index is 834. The molecule has 2 N–H and O–H groups in total. The number of halogens is 2. The highest BCUT2D eigenvalue weighted by Crippen LogP contribution is 2.26. The lowest BCUT2D eigenvalue weighted by Gasteiger charge is -2.09. The molecule has 0 unspecified atom stereocenters. The van der Waals surface area contributed by atoms with Gasteiger partial charge in [0.2, 0.25) is 0 Å². The van der Waals surface area contributed by atoms with Crippen molar-refractivity contribution in [2.75, 3.05) is 5.32 Å². The Kier molecular flexibility index (Phi) is 3.60. The highest BCUT2D eigenvalue weighted by molar-refractivity contribution is 6.42.